The lowest BCUT2D eigenvalue weighted by Gasteiger charge is -2.16. The minimum absolute atomic E-state index is 0.138. The zero-order valence-corrected chi connectivity index (χ0v) is 11.5. The van der Waals surface area contributed by atoms with Crippen molar-refractivity contribution in [2.75, 3.05) is 13.7 Å². The number of hydrogen-bond donors (Lipinski definition) is 1. The average molecular weight is 276 g/mol. The Labute approximate surface area is 117 Å². The van der Waals surface area contributed by atoms with E-state index >= 15 is 0 Å². The third-order valence-electron chi connectivity index (χ3n) is 3.01. The molecule has 0 aliphatic carbocycles. The number of aliphatic hydroxyl groups excluding tert-OH is 1. The Morgan fingerprint density at radius 3 is 2.45 bits per heavy atom. The summed E-state index contributed by atoms with van der Waals surface area (Å²) in [4.78, 5) is 0. The summed E-state index contributed by atoms with van der Waals surface area (Å²) in [5.41, 5.74) is 0.719. The molecule has 2 rings (SSSR count). The van der Waals surface area contributed by atoms with Gasteiger partial charge in [-0.1, -0.05) is 18.2 Å². The highest BCUT2D eigenvalue weighted by atomic mass is 19.1. The fourth-order valence-corrected chi connectivity index (χ4v) is 2.04. The molecule has 0 aromatic heterocycles. The minimum atomic E-state index is -1.08. The Morgan fingerprint density at radius 2 is 1.85 bits per heavy atom. The summed E-state index contributed by atoms with van der Waals surface area (Å²) in [5.74, 6) is 0.543. The number of methoxy groups -OCH3 is 1. The van der Waals surface area contributed by atoms with Gasteiger partial charge >= 0.3 is 0 Å². The van der Waals surface area contributed by atoms with Crippen LogP contribution in [0.5, 0.6) is 11.5 Å². The molecule has 0 radical (unpaired) electrons. The number of rotatable bonds is 5. The lowest BCUT2D eigenvalue weighted by molar-refractivity contribution is 0.208. The zero-order valence-electron chi connectivity index (χ0n) is 11.5. The second kappa shape index (κ2) is 6.39. The van der Waals surface area contributed by atoms with Crippen LogP contribution in [0.4, 0.5) is 4.39 Å². The van der Waals surface area contributed by atoms with Gasteiger partial charge in [0, 0.05) is 0 Å². The van der Waals surface area contributed by atoms with Gasteiger partial charge in [0.05, 0.1) is 19.3 Å². The van der Waals surface area contributed by atoms with Gasteiger partial charge in [0.25, 0.3) is 0 Å². The summed E-state index contributed by atoms with van der Waals surface area (Å²) in [5, 5.41) is 10.3. The topological polar surface area (TPSA) is 38.7 Å². The molecule has 0 aliphatic rings. The van der Waals surface area contributed by atoms with E-state index in [0.29, 0.717) is 23.7 Å². The molecule has 0 heterocycles. The molecule has 20 heavy (non-hydrogen) atoms. The van der Waals surface area contributed by atoms with E-state index in [0.717, 1.165) is 0 Å². The van der Waals surface area contributed by atoms with E-state index < -0.39 is 11.9 Å². The largest absolute Gasteiger partial charge is 0.496 e. The van der Waals surface area contributed by atoms with Gasteiger partial charge in [-0.05, 0) is 36.8 Å². The molecule has 3 nitrogen and oxygen atoms in total. The maximum Gasteiger partial charge on any atom is 0.133 e. The maximum absolute atomic E-state index is 13.9. The molecule has 0 fully saturated rings. The summed E-state index contributed by atoms with van der Waals surface area (Å²) in [6.07, 6.45) is -1.08. The fraction of sp³-hybridized carbons (Fsp3) is 0.250. The Kier molecular flexibility index (Phi) is 4.58. The zero-order chi connectivity index (χ0) is 14.5. The van der Waals surface area contributed by atoms with Crippen molar-refractivity contribution in [1.29, 1.82) is 0 Å². The van der Waals surface area contributed by atoms with Crippen molar-refractivity contribution in [2.24, 2.45) is 0 Å². The molecule has 106 valence electrons. The van der Waals surface area contributed by atoms with Crippen LogP contribution in [0.1, 0.15) is 24.2 Å². The maximum atomic E-state index is 13.9. The number of aliphatic hydroxyl groups is 1. The molecule has 0 saturated carbocycles. The second-order valence-corrected chi connectivity index (χ2v) is 4.26. The fourth-order valence-electron chi connectivity index (χ4n) is 2.04. The first-order valence-electron chi connectivity index (χ1n) is 6.40. The van der Waals surface area contributed by atoms with Crippen molar-refractivity contribution >= 4 is 0 Å². The number of halogens is 1. The van der Waals surface area contributed by atoms with Gasteiger partial charge in [0.15, 0.2) is 0 Å². The van der Waals surface area contributed by atoms with Gasteiger partial charge in [-0.15, -0.1) is 0 Å². The van der Waals surface area contributed by atoms with Crippen LogP contribution in [0.2, 0.25) is 0 Å². The smallest absolute Gasteiger partial charge is 0.133 e. The van der Waals surface area contributed by atoms with Crippen molar-refractivity contribution in [1.82, 2.24) is 0 Å². The molecule has 1 atom stereocenters. The molecular formula is C16H17FO3. The van der Waals surface area contributed by atoms with Gasteiger partial charge in [0.1, 0.15) is 23.4 Å². The SMILES string of the molecule is CCOc1ccc(C(O)c2c(F)cccc2OC)cc1. The van der Waals surface area contributed by atoms with Crippen molar-refractivity contribution in [3.8, 4) is 11.5 Å². The van der Waals surface area contributed by atoms with Gasteiger partial charge in [0.2, 0.25) is 0 Å². The van der Waals surface area contributed by atoms with Gasteiger partial charge in [-0.25, -0.2) is 4.39 Å². The van der Waals surface area contributed by atoms with E-state index in [2.05, 4.69) is 0 Å². The quantitative estimate of drug-likeness (QED) is 0.910. The molecule has 0 saturated heterocycles. The summed E-state index contributed by atoms with van der Waals surface area (Å²) in [6.45, 7) is 2.47. The predicted molar refractivity (Wildman–Crippen MR) is 74.6 cm³/mol. The van der Waals surface area contributed by atoms with Gasteiger partial charge in [-0.2, -0.15) is 0 Å². The standard InChI is InChI=1S/C16H17FO3/c1-3-20-12-9-7-11(8-10-12)16(18)15-13(17)5-4-6-14(15)19-2/h4-10,16,18H,3H2,1-2H3. The van der Waals surface area contributed by atoms with Crippen LogP contribution in [-0.4, -0.2) is 18.8 Å². The van der Waals surface area contributed by atoms with Crippen LogP contribution in [0.3, 0.4) is 0 Å². The molecule has 4 heteroatoms. The summed E-state index contributed by atoms with van der Waals surface area (Å²) in [6, 6.07) is 11.4. The number of ether oxygens (including phenoxy) is 2. The Balaban J connectivity index is 2.33. The molecular weight excluding hydrogens is 259 g/mol. The molecule has 2 aromatic rings. The first kappa shape index (κ1) is 14.3. The Hall–Kier alpha value is -2.07. The first-order valence-corrected chi connectivity index (χ1v) is 6.40. The highest BCUT2D eigenvalue weighted by molar-refractivity contribution is 5.42. The third-order valence-corrected chi connectivity index (χ3v) is 3.01. The second-order valence-electron chi connectivity index (χ2n) is 4.26. The van der Waals surface area contributed by atoms with E-state index in [-0.39, 0.29) is 5.56 Å². The monoisotopic (exact) mass is 276 g/mol. The molecule has 1 N–H and O–H groups in total. The average Bonchev–Trinajstić information content (AvgIpc) is 2.47. The summed E-state index contributed by atoms with van der Waals surface area (Å²) >= 11 is 0. The third kappa shape index (κ3) is 2.91. The molecule has 1 unspecified atom stereocenters. The summed E-state index contributed by atoms with van der Waals surface area (Å²) < 4.78 is 24.3. The van der Waals surface area contributed by atoms with Crippen molar-refractivity contribution in [3.05, 3.63) is 59.4 Å². The predicted octanol–water partition coefficient (Wildman–Crippen LogP) is 3.31. The van der Waals surface area contributed by atoms with Crippen LogP contribution >= 0.6 is 0 Å². The van der Waals surface area contributed by atoms with Crippen LogP contribution < -0.4 is 9.47 Å². The number of hydrogen-bond acceptors (Lipinski definition) is 3. The highest BCUT2D eigenvalue weighted by Crippen LogP contribution is 2.32. The van der Waals surface area contributed by atoms with Gasteiger partial charge in [-0.3, -0.25) is 0 Å². The lowest BCUT2D eigenvalue weighted by atomic mass is 10.00. The van der Waals surface area contributed by atoms with E-state index in [1.165, 1.54) is 13.2 Å². The Morgan fingerprint density at radius 1 is 1.15 bits per heavy atom. The Bertz CT molecular complexity index is 566. The van der Waals surface area contributed by atoms with Crippen molar-refractivity contribution in [3.63, 3.8) is 0 Å². The molecule has 2 aromatic carbocycles. The number of benzene rings is 2. The summed E-state index contributed by atoms with van der Waals surface area (Å²) in [7, 11) is 1.45. The van der Waals surface area contributed by atoms with E-state index in [1.807, 2.05) is 6.92 Å². The minimum Gasteiger partial charge on any atom is -0.496 e. The van der Waals surface area contributed by atoms with Crippen LogP contribution in [0.15, 0.2) is 42.5 Å². The first-order chi connectivity index (χ1) is 9.67. The van der Waals surface area contributed by atoms with Crippen molar-refractivity contribution in [2.45, 2.75) is 13.0 Å². The van der Waals surface area contributed by atoms with Crippen LogP contribution in [0.25, 0.3) is 0 Å². The van der Waals surface area contributed by atoms with Crippen molar-refractivity contribution < 1.29 is 19.0 Å². The normalized spacial score (nSPS) is 12.0. The van der Waals surface area contributed by atoms with Crippen LogP contribution in [0, 0.1) is 5.82 Å². The lowest BCUT2D eigenvalue weighted by Crippen LogP contribution is -2.05. The molecule has 0 bridgehead atoms. The molecule has 0 amide bonds. The van der Waals surface area contributed by atoms with Crippen LogP contribution in [-0.2, 0) is 0 Å². The molecule has 0 aliphatic heterocycles. The van der Waals surface area contributed by atoms with E-state index in [4.69, 9.17) is 9.47 Å². The van der Waals surface area contributed by atoms with E-state index in [1.54, 1.807) is 36.4 Å². The highest BCUT2D eigenvalue weighted by Gasteiger charge is 2.19. The van der Waals surface area contributed by atoms with E-state index in [9.17, 15) is 9.50 Å². The van der Waals surface area contributed by atoms with Gasteiger partial charge < -0.3 is 14.6 Å². The molecule has 0 spiro atoms.